The van der Waals surface area contributed by atoms with E-state index >= 15 is 0 Å². The van der Waals surface area contributed by atoms with Gasteiger partial charge in [-0.25, -0.2) is 4.98 Å². The molecule has 0 amide bonds. The summed E-state index contributed by atoms with van der Waals surface area (Å²) >= 11 is 0. The number of methoxy groups -OCH3 is 1. The lowest BCUT2D eigenvalue weighted by Gasteiger charge is -2.25. The number of rotatable bonds is 4. The Hall–Kier alpha value is -1.87. The molecule has 0 fully saturated rings. The van der Waals surface area contributed by atoms with Crippen LogP contribution in [0.4, 0.5) is 0 Å². The lowest BCUT2D eigenvalue weighted by Crippen LogP contribution is -2.34. The fourth-order valence-electron chi connectivity index (χ4n) is 2.77. The molecule has 2 aromatic rings. The topological polar surface area (TPSA) is 34.1 Å². The van der Waals surface area contributed by atoms with Gasteiger partial charge in [0.05, 0.1) is 7.11 Å². The first-order valence-electron chi connectivity index (χ1n) is 7.14. The van der Waals surface area contributed by atoms with Crippen molar-refractivity contribution < 1.29 is 4.74 Å². The molecule has 1 aliphatic carbocycles. The van der Waals surface area contributed by atoms with Crippen LogP contribution in [0.1, 0.15) is 23.1 Å². The van der Waals surface area contributed by atoms with Gasteiger partial charge in [-0.1, -0.05) is 30.3 Å². The summed E-state index contributed by atoms with van der Waals surface area (Å²) in [7, 11) is 1.64. The first kappa shape index (κ1) is 13.1. The smallest absolute Gasteiger partial charge is 0.212 e. The number of nitrogens with one attached hydrogen (secondary N) is 1. The molecule has 3 rings (SSSR count). The van der Waals surface area contributed by atoms with E-state index in [4.69, 9.17) is 4.74 Å². The molecule has 104 valence electrons. The standard InChI is InChI=1S/C17H20N2O/c1-20-17-9-6-13(12-19-17)11-18-16-8-7-14-4-2-3-5-15(14)10-16/h2-6,9,12,16,18H,7-8,10-11H2,1H3. The summed E-state index contributed by atoms with van der Waals surface area (Å²) in [4.78, 5) is 4.23. The van der Waals surface area contributed by atoms with Crippen LogP contribution in [-0.4, -0.2) is 18.1 Å². The number of fused-ring (bicyclic) bond motifs is 1. The van der Waals surface area contributed by atoms with Crippen molar-refractivity contribution in [2.24, 2.45) is 0 Å². The molecule has 1 aromatic heterocycles. The van der Waals surface area contributed by atoms with Crippen molar-refractivity contribution in [2.75, 3.05) is 7.11 Å². The number of hydrogen-bond donors (Lipinski definition) is 1. The van der Waals surface area contributed by atoms with Crippen LogP contribution in [-0.2, 0) is 19.4 Å². The molecule has 3 nitrogen and oxygen atoms in total. The highest BCUT2D eigenvalue weighted by Crippen LogP contribution is 2.21. The Balaban J connectivity index is 1.57. The Kier molecular flexibility index (Phi) is 3.97. The van der Waals surface area contributed by atoms with Gasteiger partial charge in [0.15, 0.2) is 0 Å². The Bertz CT molecular complexity index is 565. The molecule has 0 bridgehead atoms. The number of aryl methyl sites for hydroxylation is 1. The third-order valence-corrected chi connectivity index (χ3v) is 3.95. The van der Waals surface area contributed by atoms with Gasteiger partial charge in [0.25, 0.3) is 0 Å². The minimum absolute atomic E-state index is 0.562. The zero-order valence-corrected chi connectivity index (χ0v) is 11.8. The molecule has 20 heavy (non-hydrogen) atoms. The number of pyridine rings is 1. The lowest BCUT2D eigenvalue weighted by molar-refractivity contribution is 0.397. The molecule has 1 atom stereocenters. The summed E-state index contributed by atoms with van der Waals surface area (Å²) in [5.74, 6) is 0.667. The highest BCUT2D eigenvalue weighted by Gasteiger charge is 2.17. The van der Waals surface area contributed by atoms with E-state index in [-0.39, 0.29) is 0 Å². The highest BCUT2D eigenvalue weighted by molar-refractivity contribution is 5.30. The molecule has 0 saturated carbocycles. The second kappa shape index (κ2) is 6.06. The Morgan fingerprint density at radius 3 is 2.80 bits per heavy atom. The molecule has 1 aliphatic rings. The van der Waals surface area contributed by atoms with Crippen molar-refractivity contribution in [1.29, 1.82) is 0 Å². The first-order valence-corrected chi connectivity index (χ1v) is 7.14. The summed E-state index contributed by atoms with van der Waals surface area (Å²) in [6.07, 6.45) is 5.39. The van der Waals surface area contributed by atoms with E-state index in [2.05, 4.69) is 40.6 Å². The maximum atomic E-state index is 5.07. The van der Waals surface area contributed by atoms with Crippen LogP contribution in [0.15, 0.2) is 42.6 Å². The summed E-state index contributed by atoms with van der Waals surface area (Å²) in [6, 6.07) is 13.3. The molecule has 0 saturated heterocycles. The average molecular weight is 268 g/mol. The van der Waals surface area contributed by atoms with E-state index in [0.29, 0.717) is 11.9 Å². The monoisotopic (exact) mass is 268 g/mol. The maximum absolute atomic E-state index is 5.07. The van der Waals surface area contributed by atoms with Crippen molar-refractivity contribution in [3.63, 3.8) is 0 Å². The lowest BCUT2D eigenvalue weighted by atomic mass is 9.88. The Morgan fingerprint density at radius 2 is 2.05 bits per heavy atom. The van der Waals surface area contributed by atoms with E-state index in [9.17, 15) is 0 Å². The molecule has 0 aliphatic heterocycles. The molecule has 3 heteroatoms. The van der Waals surface area contributed by atoms with Crippen molar-refractivity contribution in [2.45, 2.75) is 31.8 Å². The zero-order valence-electron chi connectivity index (χ0n) is 11.8. The fourth-order valence-corrected chi connectivity index (χ4v) is 2.77. The van der Waals surface area contributed by atoms with Gasteiger partial charge < -0.3 is 10.1 Å². The normalized spacial score (nSPS) is 17.6. The SMILES string of the molecule is COc1ccc(CNC2CCc3ccccc3C2)cn1. The van der Waals surface area contributed by atoms with Crippen LogP contribution in [0, 0.1) is 0 Å². The molecular formula is C17H20N2O. The van der Waals surface area contributed by atoms with E-state index in [0.717, 1.165) is 13.0 Å². The van der Waals surface area contributed by atoms with E-state index < -0.39 is 0 Å². The van der Waals surface area contributed by atoms with Gasteiger partial charge in [0.2, 0.25) is 5.88 Å². The zero-order chi connectivity index (χ0) is 13.8. The maximum Gasteiger partial charge on any atom is 0.212 e. The van der Waals surface area contributed by atoms with Crippen molar-refractivity contribution in [3.05, 3.63) is 59.3 Å². The van der Waals surface area contributed by atoms with Crippen molar-refractivity contribution in [1.82, 2.24) is 10.3 Å². The predicted molar refractivity (Wildman–Crippen MR) is 79.9 cm³/mol. The van der Waals surface area contributed by atoms with Crippen LogP contribution in [0.2, 0.25) is 0 Å². The molecule has 0 radical (unpaired) electrons. The molecule has 1 aromatic carbocycles. The minimum Gasteiger partial charge on any atom is -0.481 e. The van der Waals surface area contributed by atoms with E-state index in [1.54, 1.807) is 7.11 Å². The van der Waals surface area contributed by atoms with Crippen LogP contribution >= 0.6 is 0 Å². The Morgan fingerprint density at radius 1 is 1.20 bits per heavy atom. The predicted octanol–water partition coefficient (Wildman–Crippen LogP) is 2.74. The fraction of sp³-hybridized carbons (Fsp3) is 0.353. The number of benzene rings is 1. The summed E-state index contributed by atoms with van der Waals surface area (Å²) in [5, 5.41) is 3.64. The third kappa shape index (κ3) is 2.99. The van der Waals surface area contributed by atoms with Crippen LogP contribution < -0.4 is 10.1 Å². The first-order chi connectivity index (χ1) is 9.85. The van der Waals surface area contributed by atoms with Gasteiger partial charge >= 0.3 is 0 Å². The van der Waals surface area contributed by atoms with E-state index in [1.165, 1.54) is 29.5 Å². The molecule has 1 N–H and O–H groups in total. The number of hydrogen-bond acceptors (Lipinski definition) is 3. The highest BCUT2D eigenvalue weighted by atomic mass is 16.5. The minimum atomic E-state index is 0.562. The van der Waals surface area contributed by atoms with E-state index in [1.807, 2.05) is 12.3 Å². The van der Waals surface area contributed by atoms with Gasteiger partial charge in [0.1, 0.15) is 0 Å². The summed E-state index contributed by atoms with van der Waals surface area (Å²) < 4.78 is 5.07. The van der Waals surface area contributed by atoms with Gasteiger partial charge in [-0.2, -0.15) is 0 Å². The van der Waals surface area contributed by atoms with Gasteiger partial charge in [-0.15, -0.1) is 0 Å². The second-order valence-electron chi connectivity index (χ2n) is 5.30. The van der Waals surface area contributed by atoms with Gasteiger partial charge in [0, 0.05) is 24.8 Å². The molecule has 1 unspecified atom stereocenters. The second-order valence-corrected chi connectivity index (χ2v) is 5.30. The summed E-state index contributed by atoms with van der Waals surface area (Å²) in [5.41, 5.74) is 4.20. The average Bonchev–Trinajstić information content (AvgIpc) is 2.53. The van der Waals surface area contributed by atoms with Crippen LogP contribution in [0.25, 0.3) is 0 Å². The molecular weight excluding hydrogens is 248 g/mol. The van der Waals surface area contributed by atoms with Crippen LogP contribution in [0.3, 0.4) is 0 Å². The molecule has 1 heterocycles. The van der Waals surface area contributed by atoms with Crippen LogP contribution in [0.5, 0.6) is 5.88 Å². The number of ether oxygens (including phenoxy) is 1. The van der Waals surface area contributed by atoms with Crippen molar-refractivity contribution >= 4 is 0 Å². The number of nitrogens with zero attached hydrogens (tertiary/aromatic N) is 1. The number of aromatic nitrogens is 1. The van der Waals surface area contributed by atoms with Crippen molar-refractivity contribution in [3.8, 4) is 5.88 Å². The summed E-state index contributed by atoms with van der Waals surface area (Å²) in [6.45, 7) is 0.865. The Labute approximate surface area is 120 Å². The third-order valence-electron chi connectivity index (χ3n) is 3.95. The molecule has 0 spiro atoms. The van der Waals surface area contributed by atoms with Gasteiger partial charge in [-0.3, -0.25) is 0 Å². The largest absolute Gasteiger partial charge is 0.481 e. The van der Waals surface area contributed by atoms with Gasteiger partial charge in [-0.05, 0) is 36.0 Å². The quantitative estimate of drug-likeness (QED) is 0.926.